The third kappa shape index (κ3) is 1.40. The normalized spacial score (nSPS) is 22.2. The molecule has 0 fully saturated rings. The van der Waals surface area contributed by atoms with Crippen LogP contribution in [0.1, 0.15) is 37.4 Å². The molecule has 2 rings (SSSR count). The molecule has 1 aromatic rings. The van der Waals surface area contributed by atoms with Crippen LogP contribution >= 0.6 is 0 Å². The maximum absolute atomic E-state index is 3.32. The van der Waals surface area contributed by atoms with Crippen LogP contribution in [-0.2, 0) is 12.8 Å². The van der Waals surface area contributed by atoms with Crippen molar-refractivity contribution < 1.29 is 0 Å². The molecule has 0 spiro atoms. The van der Waals surface area contributed by atoms with Crippen molar-refractivity contribution in [1.82, 2.24) is 4.98 Å². The third-order valence-corrected chi connectivity index (χ3v) is 2.94. The van der Waals surface area contributed by atoms with Gasteiger partial charge in [-0.15, -0.1) is 0 Å². The Bertz CT molecular complexity index is 249. The maximum atomic E-state index is 3.32. The number of aromatic nitrogens is 1. The third-order valence-electron chi connectivity index (χ3n) is 2.94. The van der Waals surface area contributed by atoms with Crippen LogP contribution in [-0.4, -0.2) is 4.98 Å². The molecule has 1 unspecified atom stereocenters. The zero-order valence-corrected chi connectivity index (χ0v) is 7.77. The molecule has 1 atom stereocenters. The fourth-order valence-corrected chi connectivity index (χ4v) is 2.28. The lowest BCUT2D eigenvalue weighted by atomic mass is 9.85. The van der Waals surface area contributed by atoms with Gasteiger partial charge >= 0.3 is 0 Å². The molecular formula is C11H17N. The van der Waals surface area contributed by atoms with Gasteiger partial charge in [0.25, 0.3) is 0 Å². The highest BCUT2D eigenvalue weighted by molar-refractivity contribution is 5.23. The van der Waals surface area contributed by atoms with Gasteiger partial charge in [0.15, 0.2) is 0 Å². The summed E-state index contributed by atoms with van der Waals surface area (Å²) in [5.74, 6) is 0.957. The number of nitrogens with one attached hydrogen (secondary N) is 1. The van der Waals surface area contributed by atoms with Gasteiger partial charge < -0.3 is 4.98 Å². The zero-order valence-electron chi connectivity index (χ0n) is 7.77. The second kappa shape index (κ2) is 3.34. The fraction of sp³-hybridized carbons (Fsp3) is 0.636. The van der Waals surface area contributed by atoms with Crippen LogP contribution in [0.5, 0.6) is 0 Å². The molecule has 0 saturated heterocycles. The average molecular weight is 163 g/mol. The molecule has 12 heavy (non-hydrogen) atoms. The molecule has 0 aromatic carbocycles. The van der Waals surface area contributed by atoms with Crippen LogP contribution in [0.4, 0.5) is 0 Å². The van der Waals surface area contributed by atoms with Crippen molar-refractivity contribution in [3.63, 3.8) is 0 Å². The van der Waals surface area contributed by atoms with E-state index in [1.807, 2.05) is 0 Å². The summed E-state index contributed by atoms with van der Waals surface area (Å²) in [6, 6.07) is 2.25. The van der Waals surface area contributed by atoms with Gasteiger partial charge in [0, 0.05) is 11.9 Å². The Kier molecular flexibility index (Phi) is 2.20. The molecule has 0 aliphatic heterocycles. The summed E-state index contributed by atoms with van der Waals surface area (Å²) in [5, 5.41) is 0. The van der Waals surface area contributed by atoms with Crippen LogP contribution in [0.3, 0.4) is 0 Å². The Balaban J connectivity index is 2.05. The Morgan fingerprint density at radius 3 is 3.33 bits per heavy atom. The van der Waals surface area contributed by atoms with Gasteiger partial charge in [0.05, 0.1) is 0 Å². The van der Waals surface area contributed by atoms with Crippen LogP contribution in [0.25, 0.3) is 0 Å². The first-order valence-corrected chi connectivity index (χ1v) is 5.05. The first-order valence-electron chi connectivity index (χ1n) is 5.05. The first kappa shape index (κ1) is 7.90. The molecule has 66 valence electrons. The van der Waals surface area contributed by atoms with Crippen molar-refractivity contribution in [3.05, 3.63) is 23.5 Å². The van der Waals surface area contributed by atoms with Gasteiger partial charge in [-0.25, -0.2) is 0 Å². The largest absolute Gasteiger partial charge is 0.365 e. The molecule has 1 heteroatoms. The van der Waals surface area contributed by atoms with Crippen molar-refractivity contribution in [3.8, 4) is 0 Å². The molecular weight excluding hydrogens is 146 g/mol. The van der Waals surface area contributed by atoms with Gasteiger partial charge in [-0.3, -0.25) is 0 Å². The minimum Gasteiger partial charge on any atom is -0.365 e. The lowest BCUT2D eigenvalue weighted by Gasteiger charge is -2.21. The van der Waals surface area contributed by atoms with Crippen LogP contribution in [0, 0.1) is 5.92 Å². The van der Waals surface area contributed by atoms with E-state index in [4.69, 9.17) is 0 Å². The van der Waals surface area contributed by atoms with Crippen molar-refractivity contribution in [1.29, 1.82) is 0 Å². The van der Waals surface area contributed by atoms with Crippen LogP contribution in [0.2, 0.25) is 0 Å². The predicted octanol–water partition coefficient (Wildman–Crippen LogP) is 2.92. The number of aryl methyl sites for hydroxylation is 1. The molecule has 0 radical (unpaired) electrons. The maximum Gasteiger partial charge on any atom is 0.0179 e. The molecule has 1 aliphatic rings. The van der Waals surface area contributed by atoms with E-state index in [2.05, 4.69) is 24.2 Å². The van der Waals surface area contributed by atoms with Crippen LogP contribution < -0.4 is 0 Å². The van der Waals surface area contributed by atoms with Gasteiger partial charge in [-0.1, -0.05) is 19.8 Å². The van der Waals surface area contributed by atoms with Gasteiger partial charge in [0.2, 0.25) is 0 Å². The summed E-state index contributed by atoms with van der Waals surface area (Å²) in [7, 11) is 0. The van der Waals surface area contributed by atoms with Crippen LogP contribution in [0.15, 0.2) is 12.3 Å². The number of rotatable bonds is 2. The number of aromatic amines is 1. The standard InChI is InChI=1S/C11H17N/c1-2-3-9-4-5-11-10(8-9)6-7-12-11/h6-7,9,12H,2-5,8H2,1H3. The summed E-state index contributed by atoms with van der Waals surface area (Å²) >= 11 is 0. The summed E-state index contributed by atoms with van der Waals surface area (Å²) in [5.41, 5.74) is 3.06. The Labute approximate surface area is 74.2 Å². The summed E-state index contributed by atoms with van der Waals surface area (Å²) in [6.45, 7) is 2.28. The van der Waals surface area contributed by atoms with Crippen molar-refractivity contribution in [2.75, 3.05) is 0 Å². The molecule has 1 heterocycles. The van der Waals surface area contributed by atoms with E-state index in [-0.39, 0.29) is 0 Å². The van der Waals surface area contributed by atoms with Gasteiger partial charge in [-0.2, -0.15) is 0 Å². The minimum absolute atomic E-state index is 0.957. The Morgan fingerprint density at radius 2 is 2.50 bits per heavy atom. The first-order chi connectivity index (χ1) is 5.90. The second-order valence-electron chi connectivity index (χ2n) is 3.88. The number of hydrogen-bond acceptors (Lipinski definition) is 0. The minimum atomic E-state index is 0.957. The number of fused-ring (bicyclic) bond motifs is 1. The van der Waals surface area contributed by atoms with E-state index < -0.39 is 0 Å². The number of H-pyrrole nitrogens is 1. The summed E-state index contributed by atoms with van der Waals surface area (Å²) in [6.07, 6.45) is 8.80. The van der Waals surface area contributed by atoms with Crippen molar-refractivity contribution in [2.45, 2.75) is 39.0 Å². The lowest BCUT2D eigenvalue weighted by molar-refractivity contribution is 0.421. The van der Waals surface area contributed by atoms with E-state index in [9.17, 15) is 0 Å². The van der Waals surface area contributed by atoms with E-state index in [0.29, 0.717) is 0 Å². The molecule has 1 N–H and O–H groups in total. The highest BCUT2D eigenvalue weighted by Crippen LogP contribution is 2.27. The van der Waals surface area contributed by atoms with E-state index in [1.165, 1.54) is 37.8 Å². The molecule has 1 aromatic heterocycles. The molecule has 0 bridgehead atoms. The number of hydrogen-bond donors (Lipinski definition) is 1. The average Bonchev–Trinajstić information content (AvgIpc) is 2.51. The van der Waals surface area contributed by atoms with E-state index in [1.54, 1.807) is 5.56 Å². The van der Waals surface area contributed by atoms with Gasteiger partial charge in [-0.05, 0) is 36.8 Å². The lowest BCUT2D eigenvalue weighted by Crippen LogP contribution is -2.12. The summed E-state index contributed by atoms with van der Waals surface area (Å²) < 4.78 is 0. The van der Waals surface area contributed by atoms with Crippen molar-refractivity contribution >= 4 is 0 Å². The fourth-order valence-electron chi connectivity index (χ4n) is 2.28. The molecule has 1 nitrogen and oxygen atoms in total. The molecule has 1 aliphatic carbocycles. The summed E-state index contributed by atoms with van der Waals surface area (Å²) in [4.78, 5) is 3.32. The van der Waals surface area contributed by atoms with E-state index >= 15 is 0 Å². The van der Waals surface area contributed by atoms with E-state index in [0.717, 1.165) is 5.92 Å². The second-order valence-corrected chi connectivity index (χ2v) is 3.88. The highest BCUT2D eigenvalue weighted by atomic mass is 14.7. The zero-order chi connectivity index (χ0) is 8.39. The van der Waals surface area contributed by atoms with Gasteiger partial charge in [0.1, 0.15) is 0 Å². The quantitative estimate of drug-likeness (QED) is 0.690. The SMILES string of the molecule is CCCC1CCc2[nH]ccc2C1. The smallest absolute Gasteiger partial charge is 0.0179 e. The monoisotopic (exact) mass is 163 g/mol. The Morgan fingerprint density at radius 1 is 1.58 bits per heavy atom. The highest BCUT2D eigenvalue weighted by Gasteiger charge is 2.17. The predicted molar refractivity (Wildman–Crippen MR) is 51.2 cm³/mol. The molecule has 0 amide bonds. The Hall–Kier alpha value is -0.720. The molecule has 0 saturated carbocycles. The topological polar surface area (TPSA) is 15.8 Å². The van der Waals surface area contributed by atoms with Crippen molar-refractivity contribution in [2.24, 2.45) is 5.92 Å².